The first-order valence-corrected chi connectivity index (χ1v) is 13.4. The molecule has 0 bridgehead atoms. The van der Waals surface area contributed by atoms with E-state index in [2.05, 4.69) is 9.84 Å². The average molecular weight is 517 g/mol. The van der Waals surface area contributed by atoms with Crippen LogP contribution in [-0.4, -0.2) is 71.1 Å². The summed E-state index contributed by atoms with van der Waals surface area (Å²) in [5.74, 6) is -0.440. The molecule has 11 nitrogen and oxygen atoms in total. The summed E-state index contributed by atoms with van der Waals surface area (Å²) in [7, 11) is -2.16. The van der Waals surface area contributed by atoms with Crippen LogP contribution in [0.1, 0.15) is 66.7 Å². The molecule has 1 fully saturated rings. The number of hydrogen-bond acceptors (Lipinski definition) is 10. The summed E-state index contributed by atoms with van der Waals surface area (Å²) in [6.07, 6.45) is 5.98. The summed E-state index contributed by atoms with van der Waals surface area (Å²) in [6, 6.07) is 0. The Kier molecular flexibility index (Phi) is 24.0. The van der Waals surface area contributed by atoms with Crippen LogP contribution < -0.4 is 5.32 Å². The van der Waals surface area contributed by atoms with Crippen molar-refractivity contribution in [2.45, 2.75) is 79.1 Å². The van der Waals surface area contributed by atoms with Gasteiger partial charge in [-0.05, 0) is 32.6 Å². The van der Waals surface area contributed by atoms with Crippen molar-refractivity contribution >= 4 is 29.5 Å². The molecule has 0 radical (unpaired) electrons. The number of nitrogens with one attached hydrogen (secondary N) is 1. The molecule has 13 heteroatoms. The minimum absolute atomic E-state index is 0.123. The van der Waals surface area contributed by atoms with Gasteiger partial charge in [-0.25, -0.2) is 0 Å². The highest BCUT2D eigenvalue weighted by Crippen LogP contribution is 2.34. The fourth-order valence-electron chi connectivity index (χ4n) is 2.37. The first-order valence-electron chi connectivity index (χ1n) is 11.1. The number of unbranched alkanes of at least 4 members (excludes halogenated alkanes) is 1. The third-order valence-corrected chi connectivity index (χ3v) is 5.15. The molecule has 0 aromatic rings. The van der Waals surface area contributed by atoms with Gasteiger partial charge in [0.15, 0.2) is 0 Å². The van der Waals surface area contributed by atoms with E-state index in [-0.39, 0.29) is 18.9 Å². The van der Waals surface area contributed by atoms with E-state index in [0.29, 0.717) is 25.2 Å². The third-order valence-electron chi connectivity index (χ3n) is 3.97. The second kappa shape index (κ2) is 23.0. The van der Waals surface area contributed by atoms with E-state index in [9.17, 15) is 14.5 Å². The molecule has 1 aliphatic heterocycles. The summed E-state index contributed by atoms with van der Waals surface area (Å²) in [5, 5.41) is 2.09. The number of carbonyl (C=O) groups excluding carboxylic acids is 2. The maximum absolute atomic E-state index is 11.5. The Bertz CT molecular complexity index is 528. The van der Waals surface area contributed by atoms with Gasteiger partial charge in [0.05, 0.1) is 25.9 Å². The average Bonchev–Trinajstić information content (AvgIpc) is 3.27. The van der Waals surface area contributed by atoms with E-state index in [1.807, 2.05) is 27.7 Å². The van der Waals surface area contributed by atoms with Crippen LogP contribution in [0.4, 0.5) is 0 Å². The second-order valence-corrected chi connectivity index (χ2v) is 8.42. The Labute approximate surface area is 200 Å². The van der Waals surface area contributed by atoms with Gasteiger partial charge in [0.1, 0.15) is 6.23 Å². The highest BCUT2D eigenvalue weighted by Gasteiger charge is 2.28. The standard InChI is InChI=1S/C15H27N2O6P.C3H9O3P.C2H6/c1-4-5-8-21-24(20)22-10-13-6-7-14(23-13)17(3)9-12(2)15(19)16-11-18;1-2-3-6-7(4)5;1-2/h9,11,13-14,20H,4-8,10H2,1-3H3,(H,16,18,19);4-5H,2-3H2,1H3;1-2H3/b12-9-;;. The molecule has 3 atom stereocenters. The van der Waals surface area contributed by atoms with Crippen LogP contribution in [0.15, 0.2) is 11.8 Å². The predicted octanol–water partition coefficient (Wildman–Crippen LogP) is 3.30. The second-order valence-electron chi connectivity index (χ2n) is 6.67. The first kappa shape index (κ1) is 34.4. The normalized spacial score (nSPS) is 18.5. The van der Waals surface area contributed by atoms with Crippen molar-refractivity contribution in [2.24, 2.45) is 0 Å². The molecule has 4 N–H and O–H groups in total. The zero-order valence-corrected chi connectivity index (χ0v) is 22.4. The van der Waals surface area contributed by atoms with Gasteiger partial charge in [0.25, 0.3) is 5.91 Å². The summed E-state index contributed by atoms with van der Waals surface area (Å²) < 4.78 is 20.7. The zero-order chi connectivity index (χ0) is 25.6. The molecule has 0 aliphatic carbocycles. The van der Waals surface area contributed by atoms with Gasteiger partial charge in [-0.3, -0.25) is 14.9 Å². The molecule has 0 saturated carbocycles. The monoisotopic (exact) mass is 516 g/mol. The van der Waals surface area contributed by atoms with Gasteiger partial charge in [-0.15, -0.1) is 0 Å². The summed E-state index contributed by atoms with van der Waals surface area (Å²) in [4.78, 5) is 49.3. The molecule has 1 rings (SSSR count). The van der Waals surface area contributed by atoms with Gasteiger partial charge in [0, 0.05) is 18.8 Å². The molecule has 2 amide bonds. The third kappa shape index (κ3) is 19.3. The zero-order valence-electron chi connectivity index (χ0n) is 20.6. The topological polar surface area (TPSA) is 147 Å². The highest BCUT2D eigenvalue weighted by molar-refractivity contribution is 7.40. The molecule has 196 valence electrons. The van der Waals surface area contributed by atoms with Crippen molar-refractivity contribution in [2.75, 3.05) is 26.9 Å². The SMILES string of the molecule is CC.CCCCOP(O)OCC1CCC(N(C)/C=C(/C)C(=O)NC=O)O1.CCCOP(O)O. The fraction of sp³-hybridized carbons (Fsp3) is 0.800. The number of amides is 2. The highest BCUT2D eigenvalue weighted by atomic mass is 31.2. The molecule has 0 aromatic heterocycles. The van der Waals surface area contributed by atoms with Crippen LogP contribution in [-0.2, 0) is 27.9 Å². The molecule has 0 spiro atoms. The van der Waals surface area contributed by atoms with Gasteiger partial charge in [-0.2, -0.15) is 0 Å². The van der Waals surface area contributed by atoms with Crippen LogP contribution in [0.25, 0.3) is 0 Å². The van der Waals surface area contributed by atoms with E-state index < -0.39 is 23.1 Å². The molecular formula is C20H42N2O9P2. The van der Waals surface area contributed by atoms with Crippen molar-refractivity contribution < 1.29 is 42.6 Å². The number of hydrogen-bond donors (Lipinski definition) is 4. The molecular weight excluding hydrogens is 474 g/mol. The summed E-state index contributed by atoms with van der Waals surface area (Å²) in [5.41, 5.74) is 0.413. The molecule has 3 unspecified atom stereocenters. The number of nitrogens with zero attached hydrogens (tertiary/aromatic N) is 1. The van der Waals surface area contributed by atoms with E-state index in [4.69, 9.17) is 23.6 Å². The maximum Gasteiger partial charge on any atom is 0.329 e. The molecule has 1 heterocycles. The Morgan fingerprint density at radius 1 is 1.12 bits per heavy atom. The van der Waals surface area contributed by atoms with E-state index >= 15 is 0 Å². The van der Waals surface area contributed by atoms with Gasteiger partial charge < -0.3 is 37.9 Å². The largest absolute Gasteiger partial charge is 0.355 e. The van der Waals surface area contributed by atoms with Gasteiger partial charge in [0.2, 0.25) is 6.41 Å². The number of rotatable bonds is 14. The van der Waals surface area contributed by atoms with Crippen LogP contribution >= 0.6 is 17.2 Å². The minimum atomic E-state index is -2.11. The number of ether oxygens (including phenoxy) is 1. The Morgan fingerprint density at radius 2 is 1.79 bits per heavy atom. The fourth-order valence-corrected chi connectivity index (χ4v) is 3.37. The summed E-state index contributed by atoms with van der Waals surface area (Å²) in [6.45, 7) is 10.8. The van der Waals surface area contributed by atoms with E-state index in [0.717, 1.165) is 32.1 Å². The van der Waals surface area contributed by atoms with Crippen LogP contribution in [0.3, 0.4) is 0 Å². The van der Waals surface area contributed by atoms with Crippen molar-refractivity contribution in [3.8, 4) is 0 Å². The summed E-state index contributed by atoms with van der Waals surface area (Å²) >= 11 is 0. The lowest BCUT2D eigenvalue weighted by molar-refractivity contribution is -0.122. The Hall–Kier alpha value is -0.740. The minimum Gasteiger partial charge on any atom is -0.355 e. The van der Waals surface area contributed by atoms with Crippen molar-refractivity contribution in [3.63, 3.8) is 0 Å². The molecule has 0 aromatic carbocycles. The molecule has 33 heavy (non-hydrogen) atoms. The van der Waals surface area contributed by atoms with E-state index in [1.54, 1.807) is 25.1 Å². The van der Waals surface area contributed by atoms with Crippen molar-refractivity contribution in [1.82, 2.24) is 10.2 Å². The quantitative estimate of drug-likeness (QED) is 0.117. The lowest BCUT2D eigenvalue weighted by Gasteiger charge is -2.24. The maximum atomic E-state index is 11.5. The van der Waals surface area contributed by atoms with Crippen LogP contribution in [0.2, 0.25) is 0 Å². The number of carbonyl (C=O) groups is 2. The van der Waals surface area contributed by atoms with Crippen molar-refractivity contribution in [1.29, 1.82) is 0 Å². The van der Waals surface area contributed by atoms with Crippen LogP contribution in [0.5, 0.6) is 0 Å². The molecule has 1 saturated heterocycles. The van der Waals surface area contributed by atoms with Crippen molar-refractivity contribution in [3.05, 3.63) is 11.8 Å². The van der Waals surface area contributed by atoms with Gasteiger partial charge >= 0.3 is 17.2 Å². The molecule has 1 aliphatic rings. The van der Waals surface area contributed by atoms with Gasteiger partial charge in [-0.1, -0.05) is 34.1 Å². The first-order chi connectivity index (χ1) is 15.7. The Morgan fingerprint density at radius 3 is 2.30 bits per heavy atom. The lowest BCUT2D eigenvalue weighted by Crippen LogP contribution is -2.30. The van der Waals surface area contributed by atoms with Crippen LogP contribution in [0, 0.1) is 0 Å². The Balaban J connectivity index is 0. The smallest absolute Gasteiger partial charge is 0.329 e. The lowest BCUT2D eigenvalue weighted by atomic mass is 10.2. The predicted molar refractivity (Wildman–Crippen MR) is 129 cm³/mol. The van der Waals surface area contributed by atoms with E-state index in [1.165, 1.54) is 0 Å². The number of imide groups is 1.